The van der Waals surface area contributed by atoms with Crippen LogP contribution >= 0.6 is 36.4 Å². The van der Waals surface area contributed by atoms with Crippen LogP contribution in [-0.2, 0) is 6.54 Å². The molecule has 5 nitrogen and oxygen atoms in total. The van der Waals surface area contributed by atoms with Gasteiger partial charge in [-0.3, -0.25) is 0 Å². The van der Waals surface area contributed by atoms with Crippen molar-refractivity contribution in [2.24, 2.45) is 0 Å². The van der Waals surface area contributed by atoms with Crippen molar-refractivity contribution in [3.63, 3.8) is 0 Å². The highest BCUT2D eigenvalue weighted by Gasteiger charge is 2.05. The third-order valence-electron chi connectivity index (χ3n) is 2.97. The molecule has 0 spiro atoms. The van der Waals surface area contributed by atoms with Gasteiger partial charge in [0.15, 0.2) is 0 Å². The van der Waals surface area contributed by atoms with E-state index in [0.717, 1.165) is 11.4 Å². The number of aromatic nitrogens is 4. The summed E-state index contributed by atoms with van der Waals surface area (Å²) in [6, 6.07) is 5.61. The van der Waals surface area contributed by atoms with Gasteiger partial charge in [0.2, 0.25) is 0 Å². The molecular weight excluding hydrogens is 347 g/mol. The van der Waals surface area contributed by atoms with Crippen molar-refractivity contribution in [2.75, 3.05) is 7.11 Å². The fourth-order valence-electron chi connectivity index (χ4n) is 1.96. The van der Waals surface area contributed by atoms with Gasteiger partial charge >= 0.3 is 0 Å². The van der Waals surface area contributed by atoms with Crippen molar-refractivity contribution < 1.29 is 4.74 Å². The standard InChI is InChI=1S/C14H13ClN4O.2ClH/c1-20-14-6-12(2-3-13(14)15)19-8-11(17-10-19)7-18-5-4-16-9-18;;/h2-6,8-10H,7H2,1H3;2*1H. The van der Waals surface area contributed by atoms with Crippen LogP contribution in [0.3, 0.4) is 0 Å². The Bertz CT molecular complexity index is 713. The Morgan fingerprint density at radius 2 is 2.05 bits per heavy atom. The van der Waals surface area contributed by atoms with E-state index in [1.807, 2.05) is 39.7 Å². The minimum Gasteiger partial charge on any atom is -0.495 e. The SMILES string of the molecule is COc1cc(-n2cnc(Cn3ccnc3)c2)ccc1Cl.Cl.Cl. The minimum absolute atomic E-state index is 0. The highest BCUT2D eigenvalue weighted by molar-refractivity contribution is 6.32. The Hall–Kier alpha value is -1.69. The number of imidazole rings is 2. The number of rotatable bonds is 4. The third kappa shape index (κ3) is 3.94. The van der Waals surface area contributed by atoms with Crippen LogP contribution in [0.4, 0.5) is 0 Å². The molecule has 0 aliphatic heterocycles. The normalized spacial score (nSPS) is 9.73. The first-order valence-corrected chi connectivity index (χ1v) is 6.46. The van der Waals surface area contributed by atoms with Crippen LogP contribution in [0.5, 0.6) is 5.75 Å². The van der Waals surface area contributed by atoms with Gasteiger partial charge in [-0.05, 0) is 12.1 Å². The summed E-state index contributed by atoms with van der Waals surface area (Å²) >= 11 is 6.02. The molecule has 0 unspecified atom stereocenters. The molecule has 1 aromatic carbocycles. The Morgan fingerprint density at radius 3 is 2.73 bits per heavy atom. The zero-order chi connectivity index (χ0) is 13.9. The lowest BCUT2D eigenvalue weighted by atomic mass is 10.3. The average molecular weight is 362 g/mol. The smallest absolute Gasteiger partial charge is 0.139 e. The van der Waals surface area contributed by atoms with Crippen LogP contribution in [0.25, 0.3) is 5.69 Å². The van der Waals surface area contributed by atoms with Gasteiger partial charge in [0.1, 0.15) is 5.75 Å². The van der Waals surface area contributed by atoms with E-state index in [2.05, 4.69) is 9.97 Å². The van der Waals surface area contributed by atoms with Gasteiger partial charge < -0.3 is 13.9 Å². The number of ether oxygens (including phenoxy) is 1. The molecule has 0 radical (unpaired) electrons. The molecule has 8 heteroatoms. The van der Waals surface area contributed by atoms with E-state index in [1.165, 1.54) is 0 Å². The lowest BCUT2D eigenvalue weighted by molar-refractivity contribution is 0.415. The van der Waals surface area contributed by atoms with Crippen molar-refractivity contribution >= 4 is 36.4 Å². The molecule has 2 heterocycles. The van der Waals surface area contributed by atoms with E-state index in [-0.39, 0.29) is 24.8 Å². The molecule has 0 bridgehead atoms. The molecule has 0 N–H and O–H groups in total. The van der Waals surface area contributed by atoms with E-state index in [9.17, 15) is 0 Å². The summed E-state index contributed by atoms with van der Waals surface area (Å²) in [6.07, 6.45) is 9.17. The third-order valence-corrected chi connectivity index (χ3v) is 3.28. The van der Waals surface area contributed by atoms with E-state index in [0.29, 0.717) is 17.3 Å². The quantitative estimate of drug-likeness (QED) is 0.713. The Labute approximate surface area is 145 Å². The first-order valence-electron chi connectivity index (χ1n) is 6.09. The molecule has 0 saturated heterocycles. The first-order chi connectivity index (χ1) is 9.76. The van der Waals surface area contributed by atoms with Gasteiger partial charge in [-0.1, -0.05) is 11.6 Å². The predicted molar refractivity (Wildman–Crippen MR) is 91.0 cm³/mol. The summed E-state index contributed by atoms with van der Waals surface area (Å²) in [5, 5.41) is 0.593. The van der Waals surface area contributed by atoms with Crippen LogP contribution in [0, 0.1) is 0 Å². The van der Waals surface area contributed by atoms with Crippen LogP contribution in [0.15, 0.2) is 49.4 Å². The van der Waals surface area contributed by atoms with Gasteiger partial charge in [-0.15, -0.1) is 24.8 Å². The van der Waals surface area contributed by atoms with Gasteiger partial charge in [0, 0.05) is 24.7 Å². The molecular formula is C14H15Cl3N4O. The second kappa shape index (κ2) is 8.08. The number of hydrogen-bond donors (Lipinski definition) is 0. The maximum absolute atomic E-state index is 6.02. The molecule has 0 aliphatic carbocycles. The van der Waals surface area contributed by atoms with Gasteiger partial charge in [0.25, 0.3) is 0 Å². The fraction of sp³-hybridized carbons (Fsp3) is 0.143. The summed E-state index contributed by atoms with van der Waals surface area (Å²) in [4.78, 5) is 8.40. The van der Waals surface area contributed by atoms with E-state index >= 15 is 0 Å². The first kappa shape index (κ1) is 18.4. The van der Waals surface area contributed by atoms with Crippen molar-refractivity contribution in [2.45, 2.75) is 6.54 Å². The van der Waals surface area contributed by atoms with Crippen molar-refractivity contribution in [1.29, 1.82) is 0 Å². The molecule has 0 aliphatic rings. The molecule has 3 aromatic rings. The zero-order valence-electron chi connectivity index (χ0n) is 11.7. The number of hydrogen-bond acceptors (Lipinski definition) is 3. The second-order valence-corrected chi connectivity index (χ2v) is 4.73. The van der Waals surface area contributed by atoms with Crippen LogP contribution < -0.4 is 4.74 Å². The molecule has 0 saturated carbocycles. The van der Waals surface area contributed by atoms with Crippen LogP contribution in [0.2, 0.25) is 5.02 Å². The molecule has 0 atom stereocenters. The largest absolute Gasteiger partial charge is 0.495 e. The number of methoxy groups -OCH3 is 1. The lowest BCUT2D eigenvalue weighted by Crippen LogP contribution is -1.96. The monoisotopic (exact) mass is 360 g/mol. The summed E-state index contributed by atoms with van der Waals surface area (Å²) < 4.78 is 9.12. The minimum atomic E-state index is 0. The van der Waals surface area contributed by atoms with Gasteiger partial charge in [-0.25, -0.2) is 9.97 Å². The fourth-order valence-corrected chi connectivity index (χ4v) is 2.16. The average Bonchev–Trinajstić information content (AvgIpc) is 3.12. The highest BCUT2D eigenvalue weighted by Crippen LogP contribution is 2.26. The summed E-state index contributed by atoms with van der Waals surface area (Å²) in [6.45, 7) is 0.692. The van der Waals surface area contributed by atoms with Crippen molar-refractivity contribution in [1.82, 2.24) is 19.1 Å². The maximum Gasteiger partial charge on any atom is 0.139 e. The number of halogens is 3. The molecule has 2 aromatic heterocycles. The zero-order valence-corrected chi connectivity index (χ0v) is 14.1. The topological polar surface area (TPSA) is 44.9 Å². The Kier molecular flexibility index (Phi) is 6.74. The molecule has 118 valence electrons. The molecule has 0 fully saturated rings. The summed E-state index contributed by atoms with van der Waals surface area (Å²) in [7, 11) is 1.60. The Morgan fingerprint density at radius 1 is 1.23 bits per heavy atom. The predicted octanol–water partition coefficient (Wildman–Crippen LogP) is 3.62. The van der Waals surface area contributed by atoms with Crippen molar-refractivity contribution in [3.05, 3.63) is 60.2 Å². The second-order valence-electron chi connectivity index (χ2n) is 4.33. The number of nitrogens with zero attached hydrogens (tertiary/aromatic N) is 4. The summed E-state index contributed by atoms with van der Waals surface area (Å²) in [5.41, 5.74) is 1.91. The summed E-state index contributed by atoms with van der Waals surface area (Å²) in [5.74, 6) is 0.647. The molecule has 0 amide bonds. The van der Waals surface area contributed by atoms with E-state index in [4.69, 9.17) is 16.3 Å². The van der Waals surface area contributed by atoms with E-state index in [1.54, 1.807) is 26.0 Å². The molecule has 22 heavy (non-hydrogen) atoms. The van der Waals surface area contributed by atoms with Gasteiger partial charge in [0.05, 0.1) is 42.7 Å². The number of benzene rings is 1. The highest BCUT2D eigenvalue weighted by atomic mass is 35.5. The Balaban J connectivity index is 0.00000121. The van der Waals surface area contributed by atoms with Crippen LogP contribution in [-0.4, -0.2) is 26.2 Å². The van der Waals surface area contributed by atoms with Gasteiger partial charge in [-0.2, -0.15) is 0 Å². The molecule has 3 rings (SSSR count). The maximum atomic E-state index is 6.02. The van der Waals surface area contributed by atoms with Crippen molar-refractivity contribution in [3.8, 4) is 11.4 Å². The lowest BCUT2D eigenvalue weighted by Gasteiger charge is -2.06. The van der Waals surface area contributed by atoms with Crippen LogP contribution in [0.1, 0.15) is 5.69 Å². The van der Waals surface area contributed by atoms with E-state index < -0.39 is 0 Å².